The Bertz CT molecular complexity index is 91.3. The first-order chi connectivity index (χ1) is 4.66. The van der Waals surface area contributed by atoms with Gasteiger partial charge in [0.1, 0.15) is 0 Å². The molecule has 0 aliphatic rings. The lowest BCUT2D eigenvalue weighted by Crippen LogP contribution is -2.19. The molecule has 0 fully saturated rings. The van der Waals surface area contributed by atoms with Crippen LogP contribution in [0.2, 0.25) is 0 Å². The van der Waals surface area contributed by atoms with E-state index in [4.69, 9.17) is 5.73 Å². The van der Waals surface area contributed by atoms with E-state index in [-0.39, 0.29) is 6.04 Å². The van der Waals surface area contributed by atoms with Crippen molar-refractivity contribution in [1.82, 2.24) is 0 Å². The van der Waals surface area contributed by atoms with Gasteiger partial charge < -0.3 is 5.73 Å². The Morgan fingerprint density at radius 3 is 2.50 bits per heavy atom. The fourth-order valence-electron chi connectivity index (χ4n) is 0.508. The average Bonchev–Trinajstić information content (AvgIpc) is 1.87. The number of nitrogens with two attached hydrogens (primary N) is 1. The zero-order chi connectivity index (χ0) is 7.98. The summed E-state index contributed by atoms with van der Waals surface area (Å²) in [6.07, 6.45) is 1.80. The number of thioether (sulfide) groups is 1. The monoisotopic (exact) mass is 159 g/mol. The van der Waals surface area contributed by atoms with Gasteiger partial charge >= 0.3 is 0 Å². The van der Waals surface area contributed by atoms with E-state index in [9.17, 15) is 0 Å². The number of hydrogen-bond acceptors (Lipinski definition) is 2. The van der Waals surface area contributed by atoms with Crippen LogP contribution in [0.1, 0.15) is 13.8 Å². The topological polar surface area (TPSA) is 26.0 Å². The smallest absolute Gasteiger partial charge is 0.0313 e. The molecular formula is C8H17NS. The second-order valence-corrected chi connectivity index (χ2v) is 3.91. The second-order valence-electron chi connectivity index (χ2n) is 2.83. The van der Waals surface area contributed by atoms with Gasteiger partial charge in [0.15, 0.2) is 0 Å². The molecule has 0 heterocycles. The third-order valence-electron chi connectivity index (χ3n) is 1.06. The van der Waals surface area contributed by atoms with Crippen molar-refractivity contribution in [2.45, 2.75) is 19.9 Å². The molecule has 0 aliphatic heterocycles. The molecule has 60 valence electrons. The average molecular weight is 159 g/mol. The van der Waals surface area contributed by atoms with Crippen molar-refractivity contribution in [3.05, 3.63) is 12.7 Å². The van der Waals surface area contributed by atoms with Crippen LogP contribution in [0.25, 0.3) is 0 Å². The predicted molar refractivity (Wildman–Crippen MR) is 50.3 cm³/mol. The summed E-state index contributed by atoms with van der Waals surface area (Å²) in [6, 6.07) is 0.170. The lowest BCUT2D eigenvalue weighted by Gasteiger charge is -2.06. The Balaban J connectivity index is 3.11. The highest BCUT2D eigenvalue weighted by atomic mass is 32.2. The van der Waals surface area contributed by atoms with Crippen molar-refractivity contribution in [3.63, 3.8) is 0 Å². The molecule has 1 atom stereocenters. The van der Waals surface area contributed by atoms with Crippen LogP contribution in [0.4, 0.5) is 0 Å². The minimum absolute atomic E-state index is 0.170. The minimum Gasteiger partial charge on any atom is -0.324 e. The molecule has 0 aromatic heterocycles. The first-order valence-electron chi connectivity index (χ1n) is 3.62. The summed E-state index contributed by atoms with van der Waals surface area (Å²) in [5, 5.41) is 0. The van der Waals surface area contributed by atoms with Gasteiger partial charge in [0.25, 0.3) is 0 Å². The summed E-state index contributed by atoms with van der Waals surface area (Å²) in [7, 11) is 0. The molecule has 0 amide bonds. The lowest BCUT2D eigenvalue weighted by atomic mass is 10.3. The Kier molecular flexibility index (Phi) is 5.84. The first kappa shape index (κ1) is 10.0. The van der Waals surface area contributed by atoms with Crippen molar-refractivity contribution in [2.24, 2.45) is 11.7 Å². The third-order valence-corrected chi connectivity index (χ3v) is 2.59. The van der Waals surface area contributed by atoms with Gasteiger partial charge in [-0.15, -0.1) is 6.58 Å². The van der Waals surface area contributed by atoms with Crippen LogP contribution in [0.5, 0.6) is 0 Å². The van der Waals surface area contributed by atoms with E-state index in [1.165, 1.54) is 5.75 Å². The fourth-order valence-corrected chi connectivity index (χ4v) is 1.52. The summed E-state index contributed by atoms with van der Waals surface area (Å²) in [4.78, 5) is 0. The van der Waals surface area contributed by atoms with Crippen molar-refractivity contribution in [1.29, 1.82) is 0 Å². The maximum absolute atomic E-state index is 5.62. The van der Waals surface area contributed by atoms with Crippen LogP contribution in [0, 0.1) is 5.92 Å². The van der Waals surface area contributed by atoms with Gasteiger partial charge in [-0.2, -0.15) is 11.8 Å². The van der Waals surface area contributed by atoms with Gasteiger partial charge in [0, 0.05) is 11.8 Å². The summed E-state index contributed by atoms with van der Waals surface area (Å²) in [6.45, 7) is 8.05. The van der Waals surface area contributed by atoms with Gasteiger partial charge in [0.05, 0.1) is 0 Å². The zero-order valence-corrected chi connectivity index (χ0v) is 7.66. The lowest BCUT2D eigenvalue weighted by molar-refractivity contribution is 0.749. The van der Waals surface area contributed by atoms with Crippen LogP contribution in [0.15, 0.2) is 12.7 Å². The largest absolute Gasteiger partial charge is 0.324 e. The van der Waals surface area contributed by atoms with Gasteiger partial charge in [-0.25, -0.2) is 0 Å². The highest BCUT2D eigenvalue weighted by Crippen LogP contribution is 2.07. The minimum atomic E-state index is 0.170. The molecule has 0 aliphatic carbocycles. The highest BCUT2D eigenvalue weighted by Gasteiger charge is 1.97. The number of rotatable bonds is 5. The quantitative estimate of drug-likeness (QED) is 0.620. The SMILES string of the molecule is C=CC(N)CSCC(C)C. The van der Waals surface area contributed by atoms with E-state index in [2.05, 4.69) is 20.4 Å². The van der Waals surface area contributed by atoms with E-state index >= 15 is 0 Å². The zero-order valence-electron chi connectivity index (χ0n) is 6.84. The molecule has 0 aromatic carbocycles. The first-order valence-corrected chi connectivity index (χ1v) is 4.78. The van der Waals surface area contributed by atoms with Gasteiger partial charge in [-0.3, -0.25) is 0 Å². The summed E-state index contributed by atoms with van der Waals surface area (Å²) in [5.74, 6) is 2.96. The van der Waals surface area contributed by atoms with Crippen molar-refractivity contribution in [2.75, 3.05) is 11.5 Å². The summed E-state index contributed by atoms with van der Waals surface area (Å²) in [5.41, 5.74) is 5.62. The molecule has 0 saturated carbocycles. The molecule has 0 aromatic rings. The standard InChI is InChI=1S/C8H17NS/c1-4-8(9)6-10-5-7(2)3/h4,7-8H,1,5-6,9H2,2-3H3. The van der Waals surface area contributed by atoms with Gasteiger partial charge in [0.2, 0.25) is 0 Å². The normalized spacial score (nSPS) is 13.6. The van der Waals surface area contributed by atoms with E-state index in [1.54, 1.807) is 6.08 Å². The maximum Gasteiger partial charge on any atom is 0.0313 e. The molecular weight excluding hydrogens is 142 g/mol. The Hall–Kier alpha value is 0.0500. The summed E-state index contributed by atoms with van der Waals surface area (Å²) < 4.78 is 0. The van der Waals surface area contributed by atoms with Gasteiger partial charge in [-0.1, -0.05) is 19.9 Å². The molecule has 2 heteroatoms. The number of hydrogen-bond donors (Lipinski definition) is 1. The molecule has 0 spiro atoms. The van der Waals surface area contributed by atoms with Crippen LogP contribution in [-0.4, -0.2) is 17.5 Å². The Morgan fingerprint density at radius 2 is 2.10 bits per heavy atom. The van der Waals surface area contributed by atoms with Crippen LogP contribution in [-0.2, 0) is 0 Å². The van der Waals surface area contributed by atoms with Crippen molar-refractivity contribution < 1.29 is 0 Å². The Morgan fingerprint density at radius 1 is 1.50 bits per heavy atom. The molecule has 10 heavy (non-hydrogen) atoms. The third kappa shape index (κ3) is 6.17. The van der Waals surface area contributed by atoms with E-state index in [0.717, 1.165) is 11.7 Å². The van der Waals surface area contributed by atoms with Crippen LogP contribution >= 0.6 is 11.8 Å². The molecule has 0 bridgehead atoms. The van der Waals surface area contributed by atoms with Crippen molar-refractivity contribution in [3.8, 4) is 0 Å². The highest BCUT2D eigenvalue weighted by molar-refractivity contribution is 7.99. The van der Waals surface area contributed by atoms with Crippen molar-refractivity contribution >= 4 is 11.8 Å². The van der Waals surface area contributed by atoms with Crippen LogP contribution < -0.4 is 5.73 Å². The molecule has 0 radical (unpaired) electrons. The van der Waals surface area contributed by atoms with E-state index in [0.29, 0.717) is 0 Å². The fraction of sp³-hybridized carbons (Fsp3) is 0.750. The molecule has 0 saturated heterocycles. The van der Waals surface area contributed by atoms with Crippen LogP contribution in [0.3, 0.4) is 0 Å². The predicted octanol–water partition coefficient (Wildman–Crippen LogP) is 1.89. The van der Waals surface area contributed by atoms with Gasteiger partial charge in [-0.05, 0) is 11.7 Å². The summed E-state index contributed by atoms with van der Waals surface area (Å²) >= 11 is 1.90. The Labute approximate surface area is 68.1 Å². The molecule has 1 nitrogen and oxygen atoms in total. The molecule has 2 N–H and O–H groups in total. The van der Waals surface area contributed by atoms with E-state index in [1.807, 2.05) is 11.8 Å². The molecule has 0 rings (SSSR count). The van der Waals surface area contributed by atoms with E-state index < -0.39 is 0 Å². The maximum atomic E-state index is 5.62. The molecule has 1 unspecified atom stereocenters. The second kappa shape index (κ2) is 5.81.